The van der Waals surface area contributed by atoms with E-state index in [1.165, 1.54) is 23.1 Å². The largest absolute Gasteiger partial charge is 0.490 e. The maximum absolute atomic E-state index is 13.9. The molecule has 2 aliphatic rings. The van der Waals surface area contributed by atoms with E-state index in [-0.39, 0.29) is 43.7 Å². The van der Waals surface area contributed by atoms with Gasteiger partial charge >= 0.3 is 0 Å². The minimum atomic E-state index is -3.58. The first-order chi connectivity index (χ1) is 14.2. The average Bonchev–Trinajstić information content (AvgIpc) is 3.44. The molecule has 2 atom stereocenters. The van der Waals surface area contributed by atoms with E-state index in [1.807, 2.05) is 0 Å². The second kappa shape index (κ2) is 10.0. The van der Waals surface area contributed by atoms with Gasteiger partial charge in [0.05, 0.1) is 18.9 Å². The Morgan fingerprint density at radius 3 is 2.83 bits per heavy atom. The maximum Gasteiger partial charge on any atom is 0.237 e. The third kappa shape index (κ3) is 6.88. The smallest absolute Gasteiger partial charge is 0.237 e. The van der Waals surface area contributed by atoms with Crippen LogP contribution in [-0.2, 0) is 19.6 Å². The lowest BCUT2D eigenvalue weighted by atomic mass is 10.1. The number of halogens is 1. The molecule has 11 heteroatoms. The number of aliphatic hydroxyl groups excluding tert-OH is 1. The average molecular weight is 446 g/mol. The van der Waals surface area contributed by atoms with Gasteiger partial charge in [0.1, 0.15) is 6.73 Å². The van der Waals surface area contributed by atoms with E-state index < -0.39 is 28.2 Å². The molecular formula is C19H28FN3O6S. The van der Waals surface area contributed by atoms with Crippen molar-refractivity contribution >= 4 is 15.9 Å². The topological polar surface area (TPSA) is 117 Å². The number of amides is 1. The van der Waals surface area contributed by atoms with Crippen molar-refractivity contribution in [3.63, 3.8) is 0 Å². The van der Waals surface area contributed by atoms with Crippen molar-refractivity contribution < 1.29 is 32.2 Å². The van der Waals surface area contributed by atoms with E-state index in [2.05, 4.69) is 10.0 Å². The van der Waals surface area contributed by atoms with Gasteiger partial charge in [0.25, 0.3) is 0 Å². The summed E-state index contributed by atoms with van der Waals surface area (Å²) >= 11 is 0. The van der Waals surface area contributed by atoms with Gasteiger partial charge in [0, 0.05) is 12.6 Å². The van der Waals surface area contributed by atoms with E-state index >= 15 is 0 Å². The standard InChI is InChI=1S/C19H28FN3O6S/c1-13(15-5-6-16(20)17(9-15)29-11-14-3-4-14)22-30(26,27)8-2-7-28-12-23-10-18(24)21-19(23)25/h5-6,9,13-14,19,22,25H,2-4,7-8,10-12H2,1H3,(H,21,24)/t13-,19?/m1/s1. The van der Waals surface area contributed by atoms with Crippen molar-refractivity contribution in [3.05, 3.63) is 29.6 Å². The van der Waals surface area contributed by atoms with Gasteiger partial charge in [0.2, 0.25) is 15.9 Å². The lowest BCUT2D eigenvalue weighted by Crippen LogP contribution is -2.37. The number of carbonyl (C=O) groups is 1. The molecule has 3 N–H and O–H groups in total. The van der Waals surface area contributed by atoms with Crippen LogP contribution in [-0.4, -0.2) is 62.9 Å². The Balaban J connectivity index is 1.41. The second-order valence-electron chi connectivity index (χ2n) is 7.68. The number of hydrogen-bond acceptors (Lipinski definition) is 7. The first kappa shape index (κ1) is 22.9. The zero-order valence-corrected chi connectivity index (χ0v) is 17.7. The highest BCUT2D eigenvalue weighted by atomic mass is 32.2. The molecule has 1 unspecified atom stereocenters. The first-order valence-corrected chi connectivity index (χ1v) is 11.6. The molecule has 2 fully saturated rings. The fourth-order valence-corrected chi connectivity index (χ4v) is 4.28. The molecule has 0 aromatic heterocycles. The number of sulfonamides is 1. The third-order valence-electron chi connectivity index (χ3n) is 4.92. The van der Waals surface area contributed by atoms with Gasteiger partial charge in [-0.1, -0.05) is 6.07 Å². The molecule has 1 saturated heterocycles. The van der Waals surface area contributed by atoms with Crippen molar-refractivity contribution in [2.45, 2.75) is 38.6 Å². The van der Waals surface area contributed by atoms with Crippen LogP contribution in [0, 0.1) is 11.7 Å². The molecule has 3 rings (SSSR count). The van der Waals surface area contributed by atoms with Gasteiger partial charge < -0.3 is 19.9 Å². The predicted octanol–water partition coefficient (Wildman–Crippen LogP) is 0.667. The lowest BCUT2D eigenvalue weighted by Gasteiger charge is -2.18. The number of carbonyl (C=O) groups excluding carboxylic acids is 1. The molecule has 1 aliphatic carbocycles. The van der Waals surface area contributed by atoms with Gasteiger partial charge in [0.15, 0.2) is 17.9 Å². The van der Waals surface area contributed by atoms with Crippen molar-refractivity contribution in [1.82, 2.24) is 14.9 Å². The van der Waals surface area contributed by atoms with Crippen LogP contribution in [0.25, 0.3) is 0 Å². The van der Waals surface area contributed by atoms with Crippen molar-refractivity contribution in [2.24, 2.45) is 5.92 Å². The van der Waals surface area contributed by atoms with E-state index in [9.17, 15) is 22.7 Å². The van der Waals surface area contributed by atoms with Gasteiger partial charge in [-0.25, -0.2) is 22.4 Å². The molecule has 0 spiro atoms. The molecule has 1 heterocycles. The minimum Gasteiger partial charge on any atom is -0.490 e. The van der Waals surface area contributed by atoms with Gasteiger partial charge in [-0.2, -0.15) is 0 Å². The minimum absolute atomic E-state index is 0.0169. The van der Waals surface area contributed by atoms with Crippen molar-refractivity contribution in [1.29, 1.82) is 0 Å². The summed E-state index contributed by atoms with van der Waals surface area (Å²) in [5.74, 6) is -0.295. The molecule has 168 valence electrons. The Morgan fingerprint density at radius 2 is 2.17 bits per heavy atom. The van der Waals surface area contributed by atoms with E-state index in [1.54, 1.807) is 6.92 Å². The Kier molecular flexibility index (Phi) is 7.64. The number of hydrogen-bond donors (Lipinski definition) is 3. The van der Waals surface area contributed by atoms with Crippen LogP contribution in [0.2, 0.25) is 0 Å². The number of nitrogens with one attached hydrogen (secondary N) is 2. The summed E-state index contributed by atoms with van der Waals surface area (Å²) in [6, 6.07) is 3.80. The zero-order valence-electron chi connectivity index (χ0n) is 16.8. The highest BCUT2D eigenvalue weighted by Crippen LogP contribution is 2.31. The Bertz CT molecular complexity index is 849. The fraction of sp³-hybridized carbons (Fsp3) is 0.632. The molecular weight excluding hydrogens is 417 g/mol. The number of ether oxygens (including phenoxy) is 2. The molecule has 1 aromatic rings. The maximum atomic E-state index is 13.9. The van der Waals surface area contributed by atoms with E-state index in [0.717, 1.165) is 12.8 Å². The van der Waals surface area contributed by atoms with Crippen LogP contribution in [0.15, 0.2) is 18.2 Å². The molecule has 0 radical (unpaired) electrons. The van der Waals surface area contributed by atoms with Crippen LogP contribution in [0.5, 0.6) is 5.75 Å². The zero-order chi connectivity index (χ0) is 21.7. The number of nitrogens with zero attached hydrogens (tertiary/aromatic N) is 1. The molecule has 0 bridgehead atoms. The third-order valence-corrected chi connectivity index (χ3v) is 6.46. The first-order valence-electron chi connectivity index (χ1n) is 9.95. The molecule has 1 amide bonds. The molecule has 30 heavy (non-hydrogen) atoms. The van der Waals surface area contributed by atoms with Crippen molar-refractivity contribution in [3.8, 4) is 5.75 Å². The number of rotatable bonds is 12. The SMILES string of the molecule is C[C@@H](NS(=O)(=O)CCCOCN1CC(=O)NC1O)c1ccc(F)c(OCC2CC2)c1. The summed E-state index contributed by atoms with van der Waals surface area (Å²) in [6.07, 6.45) is 1.34. The van der Waals surface area contributed by atoms with Crippen LogP contribution < -0.4 is 14.8 Å². The highest BCUT2D eigenvalue weighted by molar-refractivity contribution is 7.89. The summed E-state index contributed by atoms with van der Waals surface area (Å²) in [7, 11) is -3.58. The van der Waals surface area contributed by atoms with Gasteiger partial charge in [-0.15, -0.1) is 0 Å². The van der Waals surface area contributed by atoms with Crippen LogP contribution >= 0.6 is 0 Å². The summed E-state index contributed by atoms with van der Waals surface area (Å²) in [4.78, 5) is 12.5. The van der Waals surface area contributed by atoms with Gasteiger partial charge in [-0.3, -0.25) is 4.79 Å². The number of aliphatic hydroxyl groups is 1. The molecule has 9 nitrogen and oxygen atoms in total. The Morgan fingerprint density at radius 1 is 1.40 bits per heavy atom. The molecule has 1 saturated carbocycles. The highest BCUT2D eigenvalue weighted by Gasteiger charge is 2.27. The number of benzene rings is 1. The predicted molar refractivity (Wildman–Crippen MR) is 106 cm³/mol. The summed E-state index contributed by atoms with van der Waals surface area (Å²) in [5.41, 5.74) is 0.613. The normalized spacial score (nSPS) is 20.9. The Labute approximate surface area is 175 Å². The summed E-state index contributed by atoms with van der Waals surface area (Å²) < 4.78 is 52.0. The summed E-state index contributed by atoms with van der Waals surface area (Å²) in [5, 5.41) is 11.8. The van der Waals surface area contributed by atoms with Crippen LogP contribution in [0.3, 0.4) is 0 Å². The monoisotopic (exact) mass is 445 g/mol. The fourth-order valence-electron chi connectivity index (χ4n) is 2.99. The molecule has 1 aliphatic heterocycles. The lowest BCUT2D eigenvalue weighted by molar-refractivity contribution is -0.119. The second-order valence-corrected chi connectivity index (χ2v) is 9.56. The van der Waals surface area contributed by atoms with E-state index in [0.29, 0.717) is 18.1 Å². The summed E-state index contributed by atoms with van der Waals surface area (Å²) in [6.45, 7) is 2.36. The quantitative estimate of drug-likeness (QED) is 0.405. The Hall–Kier alpha value is -1.79. The van der Waals surface area contributed by atoms with Crippen molar-refractivity contribution in [2.75, 3.05) is 32.2 Å². The van der Waals surface area contributed by atoms with E-state index in [4.69, 9.17) is 9.47 Å². The van der Waals surface area contributed by atoms with Crippen LogP contribution in [0.1, 0.15) is 37.8 Å². The van der Waals surface area contributed by atoms with Crippen LogP contribution in [0.4, 0.5) is 4.39 Å². The van der Waals surface area contributed by atoms with Gasteiger partial charge in [-0.05, 0) is 49.8 Å². The molecule has 1 aromatic carbocycles.